The van der Waals surface area contributed by atoms with E-state index in [1.54, 1.807) is 24.3 Å². The predicted octanol–water partition coefficient (Wildman–Crippen LogP) is 3.55. The average molecular weight is 326 g/mol. The van der Waals surface area contributed by atoms with Gasteiger partial charge < -0.3 is 4.74 Å². The molecule has 0 unspecified atom stereocenters. The zero-order valence-electron chi connectivity index (χ0n) is 11.6. The summed E-state index contributed by atoms with van der Waals surface area (Å²) in [5, 5.41) is 12.6. The number of carbonyl (C=O) groups excluding carboxylic acids is 1. The summed E-state index contributed by atoms with van der Waals surface area (Å²) in [6, 6.07) is 6.91. The first-order chi connectivity index (χ1) is 10.2. The summed E-state index contributed by atoms with van der Waals surface area (Å²) < 4.78 is 5.35. The first kappa shape index (κ1) is 15.7. The van der Waals surface area contributed by atoms with Crippen LogP contribution in [-0.4, -0.2) is 22.7 Å². The van der Waals surface area contributed by atoms with Crippen LogP contribution in [-0.2, 0) is 11.2 Å². The van der Waals surface area contributed by atoms with E-state index in [0.29, 0.717) is 15.9 Å². The van der Waals surface area contributed by atoms with E-state index in [1.807, 2.05) is 0 Å². The van der Waals surface area contributed by atoms with Crippen molar-refractivity contribution in [3.05, 3.63) is 34.3 Å². The summed E-state index contributed by atoms with van der Waals surface area (Å²) in [5.74, 6) is 0.284. The Morgan fingerprint density at radius 2 is 2.29 bits per heavy atom. The van der Waals surface area contributed by atoms with Crippen molar-refractivity contribution in [2.24, 2.45) is 0 Å². The molecule has 112 valence electrons. The van der Waals surface area contributed by atoms with Crippen LogP contribution in [0.4, 0.5) is 5.13 Å². The lowest BCUT2D eigenvalue weighted by Gasteiger charge is -2.05. The van der Waals surface area contributed by atoms with Crippen molar-refractivity contribution < 1.29 is 9.53 Å². The summed E-state index contributed by atoms with van der Waals surface area (Å²) in [4.78, 5) is 11.8. The number of nitrogens with zero attached hydrogens (tertiary/aromatic N) is 2. The third-order valence-electron chi connectivity index (χ3n) is 2.62. The molecule has 1 heterocycles. The highest BCUT2D eigenvalue weighted by Crippen LogP contribution is 2.18. The van der Waals surface area contributed by atoms with E-state index < -0.39 is 0 Å². The number of hydrogen-bond acceptors (Lipinski definition) is 5. The van der Waals surface area contributed by atoms with E-state index in [4.69, 9.17) is 16.3 Å². The van der Waals surface area contributed by atoms with Crippen molar-refractivity contribution in [2.45, 2.75) is 26.2 Å². The molecule has 0 aliphatic heterocycles. The van der Waals surface area contributed by atoms with Crippen LogP contribution < -0.4 is 10.1 Å². The van der Waals surface area contributed by atoms with Gasteiger partial charge in [-0.2, -0.15) is 0 Å². The Hall–Kier alpha value is -1.66. The summed E-state index contributed by atoms with van der Waals surface area (Å²) in [6.07, 6.45) is 3.07. The van der Waals surface area contributed by atoms with Crippen LogP contribution in [0.3, 0.4) is 0 Å². The first-order valence-corrected chi connectivity index (χ1v) is 7.87. The van der Waals surface area contributed by atoms with Gasteiger partial charge in [-0.15, -0.1) is 10.2 Å². The molecule has 2 aromatic rings. The number of ether oxygens (including phenoxy) is 1. The molecule has 0 saturated carbocycles. The summed E-state index contributed by atoms with van der Waals surface area (Å²) in [7, 11) is 0. The van der Waals surface area contributed by atoms with Crippen LogP contribution in [0.25, 0.3) is 0 Å². The normalized spacial score (nSPS) is 10.4. The zero-order chi connectivity index (χ0) is 15.1. The Morgan fingerprint density at radius 3 is 3.05 bits per heavy atom. The Bertz CT molecular complexity index is 603. The van der Waals surface area contributed by atoms with E-state index in [-0.39, 0.29) is 12.5 Å². The monoisotopic (exact) mass is 325 g/mol. The molecule has 0 fully saturated rings. The molecule has 1 N–H and O–H groups in total. The van der Waals surface area contributed by atoms with E-state index in [1.165, 1.54) is 11.3 Å². The number of amides is 1. The maximum atomic E-state index is 11.8. The highest BCUT2D eigenvalue weighted by Gasteiger charge is 2.08. The number of anilines is 1. The van der Waals surface area contributed by atoms with Gasteiger partial charge in [0.2, 0.25) is 5.13 Å². The van der Waals surface area contributed by atoms with Crippen LogP contribution in [0.5, 0.6) is 5.75 Å². The molecule has 1 amide bonds. The minimum absolute atomic E-state index is 0.0930. The third-order valence-corrected chi connectivity index (χ3v) is 3.76. The Balaban J connectivity index is 1.80. The largest absolute Gasteiger partial charge is 0.484 e. The van der Waals surface area contributed by atoms with Gasteiger partial charge >= 0.3 is 0 Å². The van der Waals surface area contributed by atoms with Crippen molar-refractivity contribution in [3.8, 4) is 5.75 Å². The molecule has 0 aliphatic carbocycles. The third kappa shape index (κ3) is 5.32. The van der Waals surface area contributed by atoms with Gasteiger partial charge in [-0.05, 0) is 24.6 Å². The standard InChI is InChI=1S/C14H16ClN3O2S/c1-2-3-7-13-17-18-14(21-13)16-12(19)9-20-11-6-4-5-10(15)8-11/h4-6,8H,2-3,7,9H2,1H3,(H,16,18,19). The van der Waals surface area contributed by atoms with Gasteiger partial charge in [-0.25, -0.2) is 0 Å². The number of halogens is 1. The molecule has 0 bridgehead atoms. The highest BCUT2D eigenvalue weighted by molar-refractivity contribution is 7.15. The lowest BCUT2D eigenvalue weighted by molar-refractivity contribution is -0.118. The number of benzene rings is 1. The molecule has 5 nitrogen and oxygen atoms in total. The van der Waals surface area contributed by atoms with E-state index >= 15 is 0 Å². The average Bonchev–Trinajstić information content (AvgIpc) is 2.90. The van der Waals surface area contributed by atoms with Gasteiger partial charge in [-0.1, -0.05) is 42.3 Å². The number of hydrogen-bond donors (Lipinski definition) is 1. The fourth-order valence-electron chi connectivity index (χ4n) is 1.59. The van der Waals surface area contributed by atoms with Crippen LogP contribution in [0.15, 0.2) is 24.3 Å². The number of aryl methyl sites for hydroxylation is 1. The minimum atomic E-state index is -0.270. The lowest BCUT2D eigenvalue weighted by Crippen LogP contribution is -2.20. The van der Waals surface area contributed by atoms with E-state index in [2.05, 4.69) is 22.4 Å². The molecule has 7 heteroatoms. The quantitative estimate of drug-likeness (QED) is 0.845. The van der Waals surface area contributed by atoms with E-state index in [9.17, 15) is 4.79 Å². The van der Waals surface area contributed by atoms with Crippen molar-refractivity contribution >= 4 is 34.0 Å². The second-order valence-electron chi connectivity index (χ2n) is 4.40. The van der Waals surface area contributed by atoms with Crippen molar-refractivity contribution in [1.82, 2.24) is 10.2 Å². The SMILES string of the molecule is CCCCc1nnc(NC(=O)COc2cccc(Cl)c2)s1. The predicted molar refractivity (Wildman–Crippen MR) is 84.1 cm³/mol. The van der Waals surface area contributed by atoms with Crippen molar-refractivity contribution in [2.75, 3.05) is 11.9 Å². The molecule has 0 spiro atoms. The van der Waals surface area contributed by atoms with Gasteiger partial charge in [0.1, 0.15) is 10.8 Å². The molecule has 21 heavy (non-hydrogen) atoms. The minimum Gasteiger partial charge on any atom is -0.484 e. The zero-order valence-corrected chi connectivity index (χ0v) is 13.2. The first-order valence-electron chi connectivity index (χ1n) is 6.68. The maximum Gasteiger partial charge on any atom is 0.264 e. The van der Waals surface area contributed by atoms with Gasteiger partial charge in [0, 0.05) is 11.4 Å². The van der Waals surface area contributed by atoms with Gasteiger partial charge in [-0.3, -0.25) is 10.1 Å². The molecule has 0 saturated heterocycles. The molecular formula is C14H16ClN3O2S. The summed E-state index contributed by atoms with van der Waals surface area (Å²) in [5.41, 5.74) is 0. The van der Waals surface area contributed by atoms with Gasteiger partial charge in [0.15, 0.2) is 6.61 Å². The van der Waals surface area contributed by atoms with Crippen molar-refractivity contribution in [1.29, 1.82) is 0 Å². The van der Waals surface area contributed by atoms with Gasteiger partial charge in [0.25, 0.3) is 5.91 Å². The fraction of sp³-hybridized carbons (Fsp3) is 0.357. The van der Waals surface area contributed by atoms with E-state index in [0.717, 1.165) is 24.3 Å². The Labute approximate surface area is 132 Å². The van der Waals surface area contributed by atoms with Crippen LogP contribution in [0.2, 0.25) is 5.02 Å². The topological polar surface area (TPSA) is 64.1 Å². The molecular weight excluding hydrogens is 310 g/mol. The van der Waals surface area contributed by atoms with Gasteiger partial charge in [0.05, 0.1) is 0 Å². The second kappa shape index (κ2) is 7.95. The molecule has 0 aliphatic rings. The van der Waals surface area contributed by atoms with Crippen LogP contribution in [0.1, 0.15) is 24.8 Å². The molecule has 1 aromatic carbocycles. The molecule has 0 radical (unpaired) electrons. The summed E-state index contributed by atoms with van der Waals surface area (Å²) in [6.45, 7) is 2.03. The smallest absolute Gasteiger partial charge is 0.264 e. The fourth-order valence-corrected chi connectivity index (χ4v) is 2.57. The number of rotatable bonds is 7. The Kier molecular flexibility index (Phi) is 5.95. The lowest BCUT2D eigenvalue weighted by atomic mass is 10.3. The number of unbranched alkanes of at least 4 members (excludes halogenated alkanes) is 1. The maximum absolute atomic E-state index is 11.8. The summed E-state index contributed by atoms with van der Waals surface area (Å²) >= 11 is 7.23. The molecule has 1 aromatic heterocycles. The number of carbonyl (C=O) groups is 1. The number of nitrogens with one attached hydrogen (secondary N) is 1. The van der Waals surface area contributed by atoms with Crippen LogP contribution >= 0.6 is 22.9 Å². The Morgan fingerprint density at radius 1 is 1.43 bits per heavy atom. The second-order valence-corrected chi connectivity index (χ2v) is 5.90. The molecule has 0 atom stereocenters. The highest BCUT2D eigenvalue weighted by atomic mass is 35.5. The van der Waals surface area contributed by atoms with Crippen molar-refractivity contribution in [3.63, 3.8) is 0 Å². The van der Waals surface area contributed by atoms with Crippen LogP contribution in [0, 0.1) is 0 Å². The molecule has 2 rings (SSSR count). The number of aromatic nitrogens is 2.